The molecule has 39 heavy (non-hydrogen) atoms. The van der Waals surface area contributed by atoms with Crippen LogP contribution in [-0.4, -0.2) is 15.5 Å². The zero-order chi connectivity index (χ0) is 28.3. The van der Waals surface area contributed by atoms with E-state index in [1.165, 1.54) is 5.56 Å². The Kier molecular flexibility index (Phi) is 11.2. The smallest absolute Gasteiger partial charge is 0.206 e. The van der Waals surface area contributed by atoms with E-state index in [0.29, 0.717) is 17.3 Å². The molecular formula is C34H40O4S. The molecular weight excluding hydrogens is 504 g/mol. The van der Waals surface area contributed by atoms with Gasteiger partial charge in [-0.3, -0.25) is 0 Å². The van der Waals surface area contributed by atoms with Crippen LogP contribution in [-0.2, 0) is 29.3 Å². The molecule has 5 heteroatoms. The van der Waals surface area contributed by atoms with Crippen molar-refractivity contribution in [2.45, 2.75) is 69.8 Å². The second-order valence-corrected chi connectivity index (χ2v) is 11.0. The van der Waals surface area contributed by atoms with Gasteiger partial charge in [0.1, 0.15) is 18.1 Å². The van der Waals surface area contributed by atoms with Crippen molar-refractivity contribution in [3.8, 4) is 22.6 Å². The number of benzene rings is 4. The van der Waals surface area contributed by atoms with Crippen LogP contribution in [0.1, 0.15) is 57.2 Å². The Balaban J connectivity index is 0.00000205. The highest BCUT2D eigenvalue weighted by molar-refractivity contribution is 7.91. The molecule has 4 nitrogen and oxygen atoms in total. The first kappa shape index (κ1) is 30.0. The third-order valence-corrected chi connectivity index (χ3v) is 8.20. The molecule has 0 N–H and O–H groups in total. The molecule has 4 aromatic carbocycles. The van der Waals surface area contributed by atoms with Gasteiger partial charge in [0.05, 0.1) is 16.9 Å². The maximum atomic E-state index is 13.8. The number of hydrogen-bond donors (Lipinski definition) is 0. The van der Waals surface area contributed by atoms with Crippen molar-refractivity contribution >= 4 is 9.84 Å². The number of methoxy groups -OCH3 is 1. The predicted molar refractivity (Wildman–Crippen MR) is 160 cm³/mol. The fraction of sp³-hybridized carbons (Fsp3) is 0.294. The van der Waals surface area contributed by atoms with Crippen molar-refractivity contribution < 1.29 is 17.9 Å². The van der Waals surface area contributed by atoms with E-state index in [0.717, 1.165) is 53.7 Å². The summed E-state index contributed by atoms with van der Waals surface area (Å²) >= 11 is 0. The SMILES string of the molecule is CC.CCCc1cc(S(=O)(=O)c2ccc(OCc3ccccc3OC)cc2)cc(-c2ccccc2)c1CCC. The van der Waals surface area contributed by atoms with E-state index in [-0.39, 0.29) is 4.90 Å². The molecule has 0 fully saturated rings. The van der Waals surface area contributed by atoms with E-state index in [1.807, 2.05) is 68.4 Å². The summed E-state index contributed by atoms with van der Waals surface area (Å²) in [4.78, 5) is 0.583. The first-order chi connectivity index (χ1) is 19.0. The predicted octanol–water partition coefficient (Wildman–Crippen LogP) is 8.71. The van der Waals surface area contributed by atoms with Gasteiger partial charge in [0, 0.05) is 5.56 Å². The Morgan fingerprint density at radius 3 is 1.97 bits per heavy atom. The molecule has 4 rings (SSSR count). The number of rotatable bonds is 11. The minimum absolute atomic E-state index is 0.252. The summed E-state index contributed by atoms with van der Waals surface area (Å²) in [6.07, 6.45) is 3.71. The van der Waals surface area contributed by atoms with Crippen LogP contribution >= 0.6 is 0 Å². The highest BCUT2D eigenvalue weighted by atomic mass is 32.2. The van der Waals surface area contributed by atoms with Gasteiger partial charge in [-0.1, -0.05) is 89.1 Å². The van der Waals surface area contributed by atoms with Gasteiger partial charge in [-0.2, -0.15) is 0 Å². The van der Waals surface area contributed by atoms with Crippen molar-refractivity contribution in [2.75, 3.05) is 7.11 Å². The maximum Gasteiger partial charge on any atom is 0.206 e. The fourth-order valence-electron chi connectivity index (χ4n) is 4.61. The lowest BCUT2D eigenvalue weighted by Gasteiger charge is -2.18. The van der Waals surface area contributed by atoms with Crippen LogP contribution in [0.4, 0.5) is 0 Å². The standard InChI is InChI=1S/C32H34O4S.C2H6/c1-4-11-25-21-29(22-31(30(25)12-5-2)24-13-7-6-8-14-24)37(33,34)28-19-17-27(18-20-28)36-23-26-15-9-10-16-32(26)35-3;1-2/h6-10,13-22H,4-5,11-12,23H2,1-3H3;1-2H3. The summed E-state index contributed by atoms with van der Waals surface area (Å²) in [5.74, 6) is 1.35. The average molecular weight is 545 g/mol. The molecule has 0 amide bonds. The maximum absolute atomic E-state index is 13.8. The van der Waals surface area contributed by atoms with Crippen molar-refractivity contribution in [2.24, 2.45) is 0 Å². The molecule has 0 bridgehead atoms. The largest absolute Gasteiger partial charge is 0.496 e. The van der Waals surface area contributed by atoms with Gasteiger partial charge >= 0.3 is 0 Å². The second-order valence-electron chi connectivity index (χ2n) is 9.05. The van der Waals surface area contributed by atoms with Crippen LogP contribution < -0.4 is 9.47 Å². The zero-order valence-electron chi connectivity index (χ0n) is 23.7. The lowest BCUT2D eigenvalue weighted by atomic mass is 9.91. The number of ether oxygens (including phenoxy) is 2. The van der Waals surface area contributed by atoms with Crippen LogP contribution in [0.3, 0.4) is 0 Å². The van der Waals surface area contributed by atoms with Gasteiger partial charge in [-0.25, -0.2) is 8.42 Å². The average Bonchev–Trinajstić information content (AvgIpc) is 2.98. The summed E-state index contributed by atoms with van der Waals surface area (Å²) in [6, 6.07) is 28.1. The van der Waals surface area contributed by atoms with Crippen LogP contribution in [0, 0.1) is 0 Å². The highest BCUT2D eigenvalue weighted by Crippen LogP contribution is 2.34. The number of sulfone groups is 1. The molecule has 0 aromatic heterocycles. The van der Waals surface area contributed by atoms with Gasteiger partial charge in [-0.15, -0.1) is 0 Å². The number of hydrogen-bond acceptors (Lipinski definition) is 4. The molecule has 4 aromatic rings. The van der Waals surface area contributed by atoms with Crippen LogP contribution in [0.15, 0.2) is 101 Å². The molecule has 0 saturated heterocycles. The fourth-order valence-corrected chi connectivity index (χ4v) is 5.94. The zero-order valence-corrected chi connectivity index (χ0v) is 24.6. The van der Waals surface area contributed by atoms with E-state index in [4.69, 9.17) is 9.47 Å². The highest BCUT2D eigenvalue weighted by Gasteiger charge is 2.22. The summed E-state index contributed by atoms with van der Waals surface area (Å²) < 4.78 is 38.8. The normalized spacial score (nSPS) is 10.9. The van der Waals surface area contributed by atoms with E-state index in [2.05, 4.69) is 26.0 Å². The minimum atomic E-state index is -3.71. The minimum Gasteiger partial charge on any atom is -0.496 e. The third kappa shape index (κ3) is 7.30. The molecule has 0 aliphatic carbocycles. The van der Waals surface area contributed by atoms with Crippen LogP contribution in [0.5, 0.6) is 11.5 Å². The van der Waals surface area contributed by atoms with Crippen molar-refractivity contribution in [1.82, 2.24) is 0 Å². The molecule has 0 spiro atoms. The van der Waals surface area contributed by atoms with Crippen molar-refractivity contribution in [3.63, 3.8) is 0 Å². The second kappa shape index (κ2) is 14.5. The quantitative estimate of drug-likeness (QED) is 0.189. The van der Waals surface area contributed by atoms with Crippen molar-refractivity contribution in [1.29, 1.82) is 0 Å². The topological polar surface area (TPSA) is 52.6 Å². The Morgan fingerprint density at radius 2 is 1.33 bits per heavy atom. The first-order valence-electron chi connectivity index (χ1n) is 13.8. The molecule has 0 aliphatic rings. The Bertz CT molecular complexity index is 1430. The summed E-state index contributed by atoms with van der Waals surface area (Å²) in [6.45, 7) is 8.62. The van der Waals surface area contributed by atoms with Gasteiger partial charge < -0.3 is 9.47 Å². The molecule has 0 saturated carbocycles. The third-order valence-electron chi connectivity index (χ3n) is 6.45. The van der Waals surface area contributed by atoms with Gasteiger partial charge in [0.15, 0.2) is 0 Å². The van der Waals surface area contributed by atoms with E-state index in [9.17, 15) is 8.42 Å². The molecule has 0 heterocycles. The first-order valence-corrected chi connectivity index (χ1v) is 15.3. The number of aryl methyl sites for hydroxylation is 1. The van der Waals surface area contributed by atoms with E-state index < -0.39 is 9.84 Å². The van der Waals surface area contributed by atoms with Crippen LogP contribution in [0.25, 0.3) is 11.1 Å². The monoisotopic (exact) mass is 544 g/mol. The lowest BCUT2D eigenvalue weighted by molar-refractivity contribution is 0.296. The molecule has 0 unspecified atom stereocenters. The number of para-hydroxylation sites is 1. The Labute approximate surface area is 234 Å². The van der Waals surface area contributed by atoms with Crippen LogP contribution in [0.2, 0.25) is 0 Å². The molecule has 0 atom stereocenters. The van der Waals surface area contributed by atoms with E-state index >= 15 is 0 Å². The molecule has 206 valence electrons. The summed E-state index contributed by atoms with van der Waals surface area (Å²) in [7, 11) is -2.08. The van der Waals surface area contributed by atoms with Crippen molar-refractivity contribution in [3.05, 3.63) is 108 Å². The molecule has 0 aliphatic heterocycles. The van der Waals surface area contributed by atoms with Gasteiger partial charge in [-0.05, 0) is 77.6 Å². The lowest BCUT2D eigenvalue weighted by Crippen LogP contribution is -2.07. The van der Waals surface area contributed by atoms with E-state index in [1.54, 1.807) is 31.4 Å². The van der Waals surface area contributed by atoms with Gasteiger partial charge in [0.2, 0.25) is 9.84 Å². The van der Waals surface area contributed by atoms with Gasteiger partial charge in [0.25, 0.3) is 0 Å². The summed E-state index contributed by atoms with van der Waals surface area (Å²) in [5.41, 5.74) is 5.32. The Morgan fingerprint density at radius 1 is 0.692 bits per heavy atom. The molecule has 0 radical (unpaired) electrons. The summed E-state index contributed by atoms with van der Waals surface area (Å²) in [5, 5.41) is 0. The Hall–Kier alpha value is -3.57.